The Morgan fingerprint density at radius 3 is 2.70 bits per heavy atom. The predicted molar refractivity (Wildman–Crippen MR) is 130 cm³/mol. The summed E-state index contributed by atoms with van der Waals surface area (Å²) in [7, 11) is 1.70. The van der Waals surface area contributed by atoms with E-state index in [0.717, 1.165) is 39.9 Å². The first-order valence-electron chi connectivity index (χ1n) is 11.1. The third-order valence-corrected chi connectivity index (χ3v) is 5.90. The summed E-state index contributed by atoms with van der Waals surface area (Å²) in [5.74, 6) is 0.628. The number of aromatic amines is 1. The van der Waals surface area contributed by atoms with Crippen molar-refractivity contribution in [2.24, 2.45) is 0 Å². The van der Waals surface area contributed by atoms with Crippen molar-refractivity contribution < 1.29 is 9.53 Å². The van der Waals surface area contributed by atoms with Crippen molar-refractivity contribution in [3.63, 3.8) is 0 Å². The quantitative estimate of drug-likeness (QED) is 0.363. The summed E-state index contributed by atoms with van der Waals surface area (Å²) in [6.45, 7) is 1.42. The zero-order valence-electron chi connectivity index (χ0n) is 18.5. The van der Waals surface area contributed by atoms with Gasteiger partial charge in [-0.1, -0.05) is 42.5 Å². The molecule has 5 aromatic rings. The second-order valence-electron chi connectivity index (χ2n) is 8.13. The normalized spacial score (nSPS) is 12.3. The minimum atomic E-state index is -0.283. The Morgan fingerprint density at radius 1 is 1.06 bits per heavy atom. The van der Waals surface area contributed by atoms with Gasteiger partial charge in [-0.15, -0.1) is 0 Å². The van der Waals surface area contributed by atoms with Gasteiger partial charge in [0.2, 0.25) is 0 Å². The highest BCUT2D eigenvalue weighted by molar-refractivity contribution is 5.98. The van der Waals surface area contributed by atoms with Gasteiger partial charge in [0.15, 0.2) is 0 Å². The highest BCUT2D eigenvalue weighted by Gasteiger charge is 2.20. The topological polar surface area (TPSA) is 71.9 Å². The number of aromatic nitrogens is 3. The van der Waals surface area contributed by atoms with Crippen LogP contribution in [0.15, 0.2) is 85.1 Å². The fourth-order valence-corrected chi connectivity index (χ4v) is 4.17. The summed E-state index contributed by atoms with van der Waals surface area (Å²) < 4.78 is 7.32. The number of nitrogens with one attached hydrogen (secondary N) is 2. The summed E-state index contributed by atoms with van der Waals surface area (Å²) in [6.07, 6.45) is 2.67. The van der Waals surface area contributed by atoms with Gasteiger partial charge in [0, 0.05) is 36.3 Å². The highest BCUT2D eigenvalue weighted by Crippen LogP contribution is 2.22. The minimum Gasteiger partial charge on any atom is -0.383 e. The smallest absolute Gasteiger partial charge is 0.251 e. The molecule has 1 atom stereocenters. The average Bonchev–Trinajstić information content (AvgIpc) is 3.46. The zero-order chi connectivity index (χ0) is 22.6. The lowest BCUT2D eigenvalue weighted by Crippen LogP contribution is -2.30. The molecule has 2 heterocycles. The van der Waals surface area contributed by atoms with Crippen LogP contribution in [-0.2, 0) is 17.7 Å². The number of rotatable bonds is 8. The Kier molecular flexibility index (Phi) is 5.91. The third-order valence-electron chi connectivity index (χ3n) is 5.90. The Hall–Kier alpha value is -3.90. The van der Waals surface area contributed by atoms with E-state index in [1.54, 1.807) is 7.11 Å². The van der Waals surface area contributed by atoms with Crippen LogP contribution in [-0.4, -0.2) is 34.2 Å². The molecule has 0 saturated heterocycles. The zero-order valence-corrected chi connectivity index (χ0v) is 18.5. The molecule has 2 aromatic heterocycles. The molecule has 6 nitrogen and oxygen atoms in total. The molecule has 0 aliphatic carbocycles. The van der Waals surface area contributed by atoms with Crippen LogP contribution in [0.2, 0.25) is 0 Å². The second kappa shape index (κ2) is 9.30. The first kappa shape index (κ1) is 21.0. The average molecular weight is 439 g/mol. The molecule has 0 fully saturated rings. The largest absolute Gasteiger partial charge is 0.383 e. The molecular formula is C27H26N4O2. The number of H-pyrrole nitrogens is 1. The number of hydrogen-bond acceptors (Lipinski definition) is 3. The van der Waals surface area contributed by atoms with Crippen molar-refractivity contribution in [3.05, 3.63) is 102 Å². The van der Waals surface area contributed by atoms with E-state index in [2.05, 4.69) is 27.0 Å². The van der Waals surface area contributed by atoms with E-state index in [9.17, 15) is 4.79 Å². The molecule has 0 bridgehead atoms. The maximum atomic E-state index is 13.3. The number of fused-ring (bicyclic) bond motifs is 2. The minimum absolute atomic E-state index is 0.122. The summed E-state index contributed by atoms with van der Waals surface area (Å²) in [4.78, 5) is 21.4. The highest BCUT2D eigenvalue weighted by atomic mass is 16.5. The van der Waals surface area contributed by atoms with Crippen LogP contribution in [0.4, 0.5) is 0 Å². The van der Waals surface area contributed by atoms with Crippen molar-refractivity contribution in [3.8, 4) is 0 Å². The first-order valence-corrected chi connectivity index (χ1v) is 11.1. The molecule has 0 spiro atoms. The van der Waals surface area contributed by atoms with Crippen LogP contribution in [0.5, 0.6) is 0 Å². The number of carbonyl (C=O) groups excluding carboxylic acids is 1. The molecule has 33 heavy (non-hydrogen) atoms. The van der Waals surface area contributed by atoms with Crippen molar-refractivity contribution >= 4 is 27.8 Å². The van der Waals surface area contributed by atoms with E-state index in [1.807, 2.05) is 72.9 Å². The molecule has 0 aliphatic heterocycles. The lowest BCUT2D eigenvalue weighted by Gasteiger charge is -2.17. The second-order valence-corrected chi connectivity index (χ2v) is 8.13. The van der Waals surface area contributed by atoms with Gasteiger partial charge in [0.1, 0.15) is 5.82 Å². The van der Waals surface area contributed by atoms with E-state index < -0.39 is 0 Å². The SMILES string of the molecule is COCCn1ccc2cc(C(=O)N[C@H](Cc3ccccc3)c3nc4ccccc4[nH]3)ccc21. The van der Waals surface area contributed by atoms with Gasteiger partial charge >= 0.3 is 0 Å². The van der Waals surface area contributed by atoms with E-state index >= 15 is 0 Å². The van der Waals surface area contributed by atoms with Crippen LogP contribution in [0.1, 0.15) is 27.8 Å². The number of ether oxygens (including phenoxy) is 1. The van der Waals surface area contributed by atoms with Gasteiger partial charge in [-0.05, 0) is 48.4 Å². The third kappa shape index (κ3) is 4.52. The molecule has 1 amide bonds. The van der Waals surface area contributed by atoms with E-state index in [1.165, 1.54) is 0 Å². The van der Waals surface area contributed by atoms with Gasteiger partial charge in [0.05, 0.1) is 23.7 Å². The van der Waals surface area contributed by atoms with Crippen LogP contribution >= 0.6 is 0 Å². The van der Waals surface area contributed by atoms with Gasteiger partial charge < -0.3 is 19.6 Å². The van der Waals surface area contributed by atoms with Crippen LogP contribution in [0, 0.1) is 0 Å². The maximum Gasteiger partial charge on any atom is 0.251 e. The molecule has 166 valence electrons. The molecule has 0 aliphatic rings. The number of carbonyl (C=O) groups is 1. The summed E-state index contributed by atoms with van der Waals surface area (Å²) in [6, 6.07) is 25.6. The summed E-state index contributed by atoms with van der Waals surface area (Å²) in [5.41, 5.74) is 4.69. The van der Waals surface area contributed by atoms with E-state index in [0.29, 0.717) is 18.6 Å². The van der Waals surface area contributed by atoms with Crippen LogP contribution < -0.4 is 5.32 Å². The Morgan fingerprint density at radius 2 is 1.88 bits per heavy atom. The fraction of sp³-hybridized carbons (Fsp3) is 0.185. The Labute approximate surface area is 192 Å². The molecule has 0 saturated carbocycles. The molecule has 2 N–H and O–H groups in total. The lowest BCUT2D eigenvalue weighted by molar-refractivity contribution is 0.0935. The van der Waals surface area contributed by atoms with Crippen molar-refractivity contribution in [2.75, 3.05) is 13.7 Å². The Balaban J connectivity index is 1.42. The van der Waals surface area contributed by atoms with Gasteiger partial charge in [0.25, 0.3) is 5.91 Å². The monoisotopic (exact) mass is 438 g/mol. The van der Waals surface area contributed by atoms with Crippen molar-refractivity contribution in [2.45, 2.75) is 19.0 Å². The lowest BCUT2D eigenvalue weighted by atomic mass is 10.0. The standard InChI is InChI=1S/C27H26N4O2/c1-33-16-15-31-14-13-20-18-21(11-12-25(20)31)27(32)30-24(17-19-7-3-2-4-8-19)26-28-22-9-5-6-10-23(22)29-26/h2-14,18,24H,15-17H2,1H3,(H,28,29)(H,30,32)/t24-/m1/s1. The van der Waals surface area contributed by atoms with Gasteiger partial charge in [-0.2, -0.15) is 0 Å². The van der Waals surface area contributed by atoms with Gasteiger partial charge in [-0.3, -0.25) is 4.79 Å². The Bertz CT molecular complexity index is 1350. The van der Waals surface area contributed by atoms with Gasteiger partial charge in [-0.25, -0.2) is 4.98 Å². The number of nitrogens with zero attached hydrogens (tertiary/aromatic N) is 2. The number of para-hydroxylation sites is 2. The number of methoxy groups -OCH3 is 1. The molecular weight excluding hydrogens is 412 g/mol. The predicted octanol–water partition coefficient (Wildman–Crippen LogP) is 4.88. The van der Waals surface area contributed by atoms with Crippen molar-refractivity contribution in [1.82, 2.24) is 19.9 Å². The molecule has 5 rings (SSSR count). The van der Waals surface area contributed by atoms with Crippen molar-refractivity contribution in [1.29, 1.82) is 0 Å². The molecule has 6 heteroatoms. The fourth-order valence-electron chi connectivity index (χ4n) is 4.17. The van der Waals surface area contributed by atoms with Crippen LogP contribution in [0.25, 0.3) is 21.9 Å². The summed E-state index contributed by atoms with van der Waals surface area (Å²) >= 11 is 0. The molecule has 0 unspecified atom stereocenters. The van der Waals surface area contributed by atoms with Crippen LogP contribution in [0.3, 0.4) is 0 Å². The number of imidazole rings is 1. The van der Waals surface area contributed by atoms with E-state index in [4.69, 9.17) is 9.72 Å². The number of benzene rings is 3. The van der Waals surface area contributed by atoms with E-state index in [-0.39, 0.29) is 11.9 Å². The molecule has 3 aromatic carbocycles. The number of amides is 1. The molecule has 0 radical (unpaired) electrons. The maximum absolute atomic E-state index is 13.3. The number of hydrogen-bond donors (Lipinski definition) is 2. The summed E-state index contributed by atoms with van der Waals surface area (Å²) in [5, 5.41) is 4.24. The first-order chi connectivity index (χ1) is 16.2.